The van der Waals surface area contributed by atoms with Gasteiger partial charge in [0.25, 0.3) is 0 Å². The number of guanidine groups is 1. The first-order chi connectivity index (χ1) is 9.22. The molecule has 0 saturated heterocycles. The zero-order valence-corrected chi connectivity index (χ0v) is 15.3. The van der Waals surface area contributed by atoms with Gasteiger partial charge in [-0.05, 0) is 19.9 Å². The van der Waals surface area contributed by atoms with Crippen molar-refractivity contribution in [3.8, 4) is 0 Å². The molecule has 120 valence electrons. The van der Waals surface area contributed by atoms with Crippen LogP contribution in [0.4, 0.5) is 0 Å². The van der Waals surface area contributed by atoms with Gasteiger partial charge in [0.2, 0.25) is 0 Å². The fraction of sp³-hybridized carbons (Fsp3) is 0.929. The second kappa shape index (κ2) is 12.6. The minimum Gasteiger partial charge on any atom is -0.383 e. The summed E-state index contributed by atoms with van der Waals surface area (Å²) in [5, 5.41) is 3.36. The van der Waals surface area contributed by atoms with Gasteiger partial charge in [0.15, 0.2) is 5.96 Å². The number of likely N-dealkylation sites (N-methyl/N-ethyl adjacent to an activating group) is 1. The van der Waals surface area contributed by atoms with Crippen molar-refractivity contribution in [2.24, 2.45) is 10.7 Å². The molecule has 1 fully saturated rings. The van der Waals surface area contributed by atoms with Crippen molar-refractivity contribution in [3.63, 3.8) is 0 Å². The number of aliphatic imine (C=N–C) groups is 1. The Labute approximate surface area is 140 Å². The van der Waals surface area contributed by atoms with Crippen molar-refractivity contribution in [3.05, 3.63) is 0 Å². The van der Waals surface area contributed by atoms with Gasteiger partial charge in [-0.25, -0.2) is 0 Å². The molecule has 0 atom stereocenters. The lowest BCUT2D eigenvalue weighted by Gasteiger charge is -2.17. The quantitative estimate of drug-likeness (QED) is 0.297. The van der Waals surface area contributed by atoms with Crippen molar-refractivity contribution < 1.29 is 4.74 Å². The van der Waals surface area contributed by atoms with Gasteiger partial charge < -0.3 is 20.7 Å². The Balaban J connectivity index is 0.00000361. The molecule has 6 heteroatoms. The van der Waals surface area contributed by atoms with Gasteiger partial charge in [-0.2, -0.15) is 0 Å². The molecule has 0 spiro atoms. The van der Waals surface area contributed by atoms with E-state index in [1.54, 1.807) is 7.11 Å². The van der Waals surface area contributed by atoms with Crippen molar-refractivity contribution in [2.45, 2.75) is 44.6 Å². The number of ether oxygens (including phenoxy) is 1. The van der Waals surface area contributed by atoms with Crippen LogP contribution in [0.5, 0.6) is 0 Å². The van der Waals surface area contributed by atoms with E-state index < -0.39 is 0 Å². The van der Waals surface area contributed by atoms with E-state index in [2.05, 4.69) is 22.3 Å². The minimum atomic E-state index is 0. The van der Waals surface area contributed by atoms with Crippen LogP contribution in [-0.4, -0.2) is 57.3 Å². The maximum absolute atomic E-state index is 5.94. The van der Waals surface area contributed by atoms with Crippen LogP contribution in [0.3, 0.4) is 0 Å². The van der Waals surface area contributed by atoms with Crippen LogP contribution in [0, 0.1) is 0 Å². The second-order valence-electron chi connectivity index (χ2n) is 5.40. The van der Waals surface area contributed by atoms with E-state index in [0.29, 0.717) is 12.0 Å². The second-order valence-corrected chi connectivity index (χ2v) is 5.40. The molecule has 0 aliphatic heterocycles. The summed E-state index contributed by atoms with van der Waals surface area (Å²) in [4.78, 5) is 6.60. The molecule has 0 aromatic heterocycles. The number of hydrogen-bond donors (Lipinski definition) is 2. The Morgan fingerprint density at radius 3 is 2.50 bits per heavy atom. The van der Waals surface area contributed by atoms with E-state index in [9.17, 15) is 0 Å². The fourth-order valence-corrected chi connectivity index (χ4v) is 2.38. The smallest absolute Gasteiger partial charge is 0.188 e. The molecule has 1 aliphatic carbocycles. The van der Waals surface area contributed by atoms with Gasteiger partial charge in [-0.15, -0.1) is 24.0 Å². The molecule has 0 radical (unpaired) electrons. The van der Waals surface area contributed by atoms with E-state index in [1.807, 2.05) is 0 Å². The van der Waals surface area contributed by atoms with Crippen molar-refractivity contribution in [1.82, 2.24) is 10.2 Å². The van der Waals surface area contributed by atoms with E-state index in [0.717, 1.165) is 26.2 Å². The molecule has 1 saturated carbocycles. The fourth-order valence-electron chi connectivity index (χ4n) is 2.38. The molecule has 20 heavy (non-hydrogen) atoms. The molecule has 1 rings (SSSR count). The molecule has 3 N–H and O–H groups in total. The Bertz CT molecular complexity index is 256. The van der Waals surface area contributed by atoms with Crippen LogP contribution in [-0.2, 0) is 4.74 Å². The Morgan fingerprint density at radius 1 is 1.25 bits per heavy atom. The van der Waals surface area contributed by atoms with E-state index in [1.165, 1.54) is 38.5 Å². The number of nitrogens with two attached hydrogens (primary N) is 1. The number of halogens is 1. The molecule has 0 bridgehead atoms. The lowest BCUT2D eigenvalue weighted by atomic mass is 10.1. The molecular weight excluding hydrogens is 367 g/mol. The van der Waals surface area contributed by atoms with Crippen LogP contribution in [0.1, 0.15) is 38.5 Å². The van der Waals surface area contributed by atoms with Crippen LogP contribution in [0.2, 0.25) is 0 Å². The van der Waals surface area contributed by atoms with Crippen LogP contribution in [0.25, 0.3) is 0 Å². The van der Waals surface area contributed by atoms with Gasteiger partial charge in [-0.1, -0.05) is 25.7 Å². The predicted octanol–water partition coefficient (Wildman–Crippen LogP) is 1.81. The SMILES string of the molecule is COCCN(C)CCN=C(N)NC1CCCCCC1.I. The zero-order chi connectivity index (χ0) is 13.9. The number of rotatable bonds is 7. The Kier molecular flexibility index (Phi) is 12.6. The third-order valence-electron chi connectivity index (χ3n) is 3.65. The van der Waals surface area contributed by atoms with Gasteiger partial charge >= 0.3 is 0 Å². The summed E-state index contributed by atoms with van der Waals surface area (Å²) >= 11 is 0. The largest absolute Gasteiger partial charge is 0.383 e. The average molecular weight is 398 g/mol. The summed E-state index contributed by atoms with van der Waals surface area (Å²) in [6.07, 6.45) is 7.79. The highest BCUT2D eigenvalue weighted by atomic mass is 127. The standard InChI is InChI=1S/C14H30N4O.HI/c1-18(11-12-19-2)10-9-16-14(15)17-13-7-5-3-4-6-8-13;/h13H,3-12H2,1-2H3,(H3,15,16,17);1H. The molecule has 1 aliphatic rings. The predicted molar refractivity (Wildman–Crippen MR) is 95.9 cm³/mol. The first-order valence-corrected chi connectivity index (χ1v) is 7.46. The minimum absolute atomic E-state index is 0. The summed E-state index contributed by atoms with van der Waals surface area (Å²) in [5.41, 5.74) is 5.94. The molecule has 0 amide bonds. The van der Waals surface area contributed by atoms with Crippen molar-refractivity contribution in [2.75, 3.05) is 40.4 Å². The van der Waals surface area contributed by atoms with Crippen LogP contribution >= 0.6 is 24.0 Å². The molecule has 0 unspecified atom stereocenters. The Hall–Kier alpha value is -0.0800. The van der Waals surface area contributed by atoms with Crippen molar-refractivity contribution >= 4 is 29.9 Å². The number of hydrogen-bond acceptors (Lipinski definition) is 3. The summed E-state index contributed by atoms with van der Waals surface area (Å²) < 4.78 is 5.04. The topological polar surface area (TPSA) is 62.9 Å². The van der Waals surface area contributed by atoms with Crippen LogP contribution < -0.4 is 11.1 Å². The first kappa shape index (κ1) is 19.9. The van der Waals surface area contributed by atoms with Gasteiger partial charge in [-0.3, -0.25) is 4.99 Å². The molecule has 0 aromatic rings. The third kappa shape index (κ3) is 9.77. The maximum Gasteiger partial charge on any atom is 0.188 e. The maximum atomic E-state index is 5.94. The molecule has 0 heterocycles. The monoisotopic (exact) mass is 398 g/mol. The van der Waals surface area contributed by atoms with Gasteiger partial charge in [0.1, 0.15) is 0 Å². The normalized spacial score (nSPS) is 17.6. The summed E-state index contributed by atoms with van der Waals surface area (Å²) in [6.45, 7) is 3.35. The molecule has 5 nitrogen and oxygen atoms in total. The highest BCUT2D eigenvalue weighted by Gasteiger charge is 2.12. The Morgan fingerprint density at radius 2 is 1.90 bits per heavy atom. The van der Waals surface area contributed by atoms with E-state index in [4.69, 9.17) is 10.5 Å². The van der Waals surface area contributed by atoms with Crippen LogP contribution in [0.15, 0.2) is 4.99 Å². The zero-order valence-electron chi connectivity index (χ0n) is 12.9. The number of methoxy groups -OCH3 is 1. The summed E-state index contributed by atoms with van der Waals surface area (Å²) in [5.74, 6) is 0.604. The van der Waals surface area contributed by atoms with Gasteiger partial charge in [0.05, 0.1) is 13.2 Å². The molecule has 0 aromatic carbocycles. The highest BCUT2D eigenvalue weighted by Crippen LogP contribution is 2.16. The lowest BCUT2D eigenvalue weighted by Crippen LogP contribution is -2.40. The highest BCUT2D eigenvalue weighted by molar-refractivity contribution is 14.0. The van der Waals surface area contributed by atoms with E-state index in [-0.39, 0.29) is 24.0 Å². The molecular formula is C14H31IN4O. The number of nitrogens with one attached hydrogen (secondary N) is 1. The first-order valence-electron chi connectivity index (χ1n) is 7.46. The third-order valence-corrected chi connectivity index (χ3v) is 3.65. The summed E-state index contributed by atoms with van der Waals surface area (Å²) in [6, 6.07) is 0.525. The summed E-state index contributed by atoms with van der Waals surface area (Å²) in [7, 11) is 3.80. The average Bonchev–Trinajstić information content (AvgIpc) is 2.65. The van der Waals surface area contributed by atoms with Crippen molar-refractivity contribution in [1.29, 1.82) is 0 Å². The number of nitrogens with zero attached hydrogens (tertiary/aromatic N) is 2. The van der Waals surface area contributed by atoms with Gasteiger partial charge in [0, 0.05) is 26.2 Å². The lowest BCUT2D eigenvalue weighted by molar-refractivity contribution is 0.163. The van der Waals surface area contributed by atoms with E-state index >= 15 is 0 Å².